The monoisotopic (exact) mass is 324 g/mol. The molecule has 2 amide bonds. The second-order valence-electron chi connectivity index (χ2n) is 5.90. The van der Waals surface area contributed by atoms with Gasteiger partial charge in [-0.05, 0) is 25.0 Å². The van der Waals surface area contributed by atoms with E-state index in [1.807, 2.05) is 74.5 Å². The Kier molecular flexibility index (Phi) is 6.55. The van der Waals surface area contributed by atoms with Crippen LogP contribution in [0.25, 0.3) is 0 Å². The van der Waals surface area contributed by atoms with Gasteiger partial charge in [-0.25, -0.2) is 0 Å². The van der Waals surface area contributed by atoms with Gasteiger partial charge < -0.3 is 10.6 Å². The first-order valence-electron chi connectivity index (χ1n) is 8.25. The van der Waals surface area contributed by atoms with Gasteiger partial charge in [-0.15, -0.1) is 0 Å². The Bertz CT molecular complexity index is 596. The number of hydrogen-bond acceptors (Lipinski definition) is 2. The quantitative estimate of drug-likeness (QED) is 0.818. The number of carbonyl (C=O) groups is 2. The maximum Gasteiger partial charge on any atom is 0.220 e. The highest BCUT2D eigenvalue weighted by atomic mass is 16.2. The topological polar surface area (TPSA) is 58.2 Å². The molecule has 0 radical (unpaired) electrons. The predicted molar refractivity (Wildman–Crippen MR) is 95.2 cm³/mol. The Labute approximate surface area is 143 Å². The van der Waals surface area contributed by atoms with E-state index in [1.54, 1.807) is 0 Å². The third-order valence-electron chi connectivity index (χ3n) is 3.93. The van der Waals surface area contributed by atoms with E-state index >= 15 is 0 Å². The molecule has 2 rings (SSSR count). The average molecular weight is 324 g/mol. The van der Waals surface area contributed by atoms with Gasteiger partial charge in [0.05, 0.1) is 12.1 Å². The molecule has 0 aliphatic rings. The van der Waals surface area contributed by atoms with Gasteiger partial charge in [0.1, 0.15) is 0 Å². The molecule has 0 aliphatic carbocycles. The van der Waals surface area contributed by atoms with Crippen molar-refractivity contribution in [1.29, 1.82) is 0 Å². The molecule has 2 aromatic carbocycles. The fraction of sp³-hybridized carbons (Fsp3) is 0.300. The van der Waals surface area contributed by atoms with Crippen LogP contribution in [0.5, 0.6) is 0 Å². The summed E-state index contributed by atoms with van der Waals surface area (Å²) in [6.07, 6.45) is 0.370. The number of hydrogen-bond donors (Lipinski definition) is 2. The molecule has 24 heavy (non-hydrogen) atoms. The van der Waals surface area contributed by atoms with Crippen LogP contribution in [-0.4, -0.2) is 11.8 Å². The number of amides is 2. The van der Waals surface area contributed by atoms with Crippen LogP contribution in [-0.2, 0) is 9.59 Å². The fourth-order valence-electron chi connectivity index (χ4n) is 2.50. The lowest BCUT2D eigenvalue weighted by atomic mass is 10.1. The van der Waals surface area contributed by atoms with Crippen molar-refractivity contribution in [2.45, 2.75) is 38.8 Å². The van der Waals surface area contributed by atoms with Crippen LogP contribution in [0.3, 0.4) is 0 Å². The van der Waals surface area contributed by atoms with Crippen LogP contribution >= 0.6 is 0 Å². The Hall–Kier alpha value is -2.62. The molecular formula is C20H24N2O2. The van der Waals surface area contributed by atoms with Crippen LogP contribution in [0.2, 0.25) is 0 Å². The zero-order valence-electron chi connectivity index (χ0n) is 14.2. The molecular weight excluding hydrogens is 300 g/mol. The van der Waals surface area contributed by atoms with Crippen LogP contribution in [0.15, 0.2) is 60.7 Å². The Balaban J connectivity index is 1.74. The van der Waals surface area contributed by atoms with E-state index in [9.17, 15) is 9.59 Å². The molecule has 0 saturated carbocycles. The fourth-order valence-corrected chi connectivity index (χ4v) is 2.50. The molecule has 4 heteroatoms. The normalized spacial score (nSPS) is 12.9. The minimum Gasteiger partial charge on any atom is -0.350 e. The van der Waals surface area contributed by atoms with E-state index < -0.39 is 0 Å². The van der Waals surface area contributed by atoms with Crippen LogP contribution < -0.4 is 10.6 Å². The maximum atomic E-state index is 12.0. The van der Waals surface area contributed by atoms with Gasteiger partial charge in [0.2, 0.25) is 11.8 Å². The molecule has 126 valence electrons. The van der Waals surface area contributed by atoms with Gasteiger partial charge in [-0.1, -0.05) is 60.7 Å². The van der Waals surface area contributed by atoms with Crippen molar-refractivity contribution in [3.63, 3.8) is 0 Å². The van der Waals surface area contributed by atoms with E-state index in [1.165, 1.54) is 0 Å². The lowest BCUT2D eigenvalue weighted by Crippen LogP contribution is -2.30. The highest BCUT2D eigenvalue weighted by Gasteiger charge is 2.13. The smallest absolute Gasteiger partial charge is 0.220 e. The summed E-state index contributed by atoms with van der Waals surface area (Å²) in [5, 5.41) is 5.84. The second kappa shape index (κ2) is 8.87. The standard InChI is InChI=1S/C20H24N2O2/c1-15(17-9-5-3-6-10-17)21-19(23)13-14-20(24)22-16(2)18-11-7-4-8-12-18/h3-12,15-16H,13-14H2,1-2H3,(H,21,23)(H,22,24)/t15-,16-/m0/s1. The molecule has 2 atom stereocenters. The molecule has 2 N–H and O–H groups in total. The van der Waals surface area contributed by atoms with Gasteiger partial charge in [-0.2, -0.15) is 0 Å². The second-order valence-corrected chi connectivity index (χ2v) is 5.90. The lowest BCUT2D eigenvalue weighted by molar-refractivity contribution is -0.127. The molecule has 0 bridgehead atoms. The zero-order chi connectivity index (χ0) is 17.4. The highest BCUT2D eigenvalue weighted by Crippen LogP contribution is 2.13. The van der Waals surface area contributed by atoms with Crippen molar-refractivity contribution < 1.29 is 9.59 Å². The summed E-state index contributed by atoms with van der Waals surface area (Å²) in [6.45, 7) is 3.87. The van der Waals surface area contributed by atoms with E-state index in [4.69, 9.17) is 0 Å². The Morgan fingerprint density at radius 1 is 0.708 bits per heavy atom. The SMILES string of the molecule is C[C@H](NC(=O)CCC(=O)N[C@@H](C)c1ccccc1)c1ccccc1. The Morgan fingerprint density at radius 3 is 1.38 bits per heavy atom. The predicted octanol–water partition coefficient (Wildman–Crippen LogP) is 3.52. The minimum absolute atomic E-state index is 0.0648. The van der Waals surface area contributed by atoms with E-state index in [-0.39, 0.29) is 36.7 Å². The molecule has 2 aromatic rings. The first-order chi connectivity index (χ1) is 11.6. The molecule has 0 unspecified atom stereocenters. The van der Waals surface area contributed by atoms with Crippen LogP contribution in [0.1, 0.15) is 49.9 Å². The molecule has 0 aliphatic heterocycles. The molecule has 4 nitrogen and oxygen atoms in total. The number of nitrogens with one attached hydrogen (secondary N) is 2. The highest BCUT2D eigenvalue weighted by molar-refractivity contribution is 5.84. The van der Waals surface area contributed by atoms with E-state index in [0.29, 0.717) is 0 Å². The van der Waals surface area contributed by atoms with Crippen LogP contribution in [0.4, 0.5) is 0 Å². The van der Waals surface area contributed by atoms with Gasteiger partial charge in [-0.3, -0.25) is 9.59 Å². The maximum absolute atomic E-state index is 12.0. The van der Waals surface area contributed by atoms with Gasteiger partial charge in [0.25, 0.3) is 0 Å². The first kappa shape index (κ1) is 17.7. The van der Waals surface area contributed by atoms with E-state index in [2.05, 4.69) is 10.6 Å². The van der Waals surface area contributed by atoms with Crippen molar-refractivity contribution in [1.82, 2.24) is 10.6 Å². The summed E-state index contributed by atoms with van der Waals surface area (Å²) in [4.78, 5) is 24.0. The van der Waals surface area contributed by atoms with Crippen molar-refractivity contribution >= 4 is 11.8 Å². The minimum atomic E-state index is -0.117. The van der Waals surface area contributed by atoms with E-state index in [0.717, 1.165) is 11.1 Å². The Morgan fingerprint density at radius 2 is 1.04 bits per heavy atom. The molecule has 0 saturated heterocycles. The van der Waals surface area contributed by atoms with Crippen LogP contribution in [0, 0.1) is 0 Å². The molecule has 0 spiro atoms. The largest absolute Gasteiger partial charge is 0.350 e. The summed E-state index contributed by atoms with van der Waals surface area (Å²) in [5.41, 5.74) is 2.10. The van der Waals surface area contributed by atoms with Gasteiger partial charge >= 0.3 is 0 Å². The summed E-state index contributed by atoms with van der Waals surface area (Å²) >= 11 is 0. The van der Waals surface area contributed by atoms with Crippen molar-refractivity contribution in [3.05, 3.63) is 71.8 Å². The third kappa shape index (κ3) is 5.54. The number of rotatable bonds is 7. The van der Waals surface area contributed by atoms with Crippen molar-refractivity contribution in [2.75, 3.05) is 0 Å². The number of carbonyl (C=O) groups excluding carboxylic acids is 2. The summed E-state index contributed by atoms with van der Waals surface area (Å²) < 4.78 is 0. The molecule has 0 aromatic heterocycles. The van der Waals surface area contributed by atoms with Gasteiger partial charge in [0, 0.05) is 12.8 Å². The van der Waals surface area contributed by atoms with Crippen molar-refractivity contribution in [3.8, 4) is 0 Å². The first-order valence-corrected chi connectivity index (χ1v) is 8.25. The number of benzene rings is 2. The zero-order valence-corrected chi connectivity index (χ0v) is 14.2. The molecule has 0 fully saturated rings. The summed E-state index contributed by atoms with van der Waals surface area (Å²) in [7, 11) is 0. The van der Waals surface area contributed by atoms with Crippen molar-refractivity contribution in [2.24, 2.45) is 0 Å². The summed E-state index contributed by atoms with van der Waals surface area (Å²) in [5.74, 6) is -0.234. The summed E-state index contributed by atoms with van der Waals surface area (Å²) in [6, 6.07) is 19.4. The molecule has 0 heterocycles. The lowest BCUT2D eigenvalue weighted by Gasteiger charge is -2.16. The van der Waals surface area contributed by atoms with Gasteiger partial charge in [0.15, 0.2) is 0 Å². The third-order valence-corrected chi connectivity index (χ3v) is 3.93. The average Bonchev–Trinajstić information content (AvgIpc) is 2.61.